The van der Waals surface area contributed by atoms with Gasteiger partial charge < -0.3 is 9.47 Å². The van der Waals surface area contributed by atoms with Crippen LogP contribution in [-0.2, 0) is 16.1 Å². The maximum atomic E-state index is 14.3. The molecule has 0 aliphatic rings. The summed E-state index contributed by atoms with van der Waals surface area (Å²) in [7, 11) is 1.47. The molecule has 0 radical (unpaired) electrons. The van der Waals surface area contributed by atoms with Gasteiger partial charge in [-0.25, -0.2) is 4.39 Å². The monoisotopic (exact) mass is 464 g/mol. The minimum absolute atomic E-state index is 0.0665. The topological polar surface area (TPSA) is 76.7 Å². The number of halogens is 1. The summed E-state index contributed by atoms with van der Waals surface area (Å²) in [5.41, 5.74) is 6.98. The molecule has 0 aliphatic heterocycles. The molecular formula is C25H21FN2O4S. The van der Waals surface area contributed by atoms with Crippen molar-refractivity contribution in [3.63, 3.8) is 0 Å². The Hall–Kier alpha value is -3.75. The Morgan fingerprint density at radius 1 is 0.939 bits per heavy atom. The van der Waals surface area contributed by atoms with Crippen molar-refractivity contribution in [3.05, 3.63) is 89.1 Å². The first-order valence-corrected chi connectivity index (χ1v) is 11.0. The third kappa shape index (κ3) is 5.02. The van der Waals surface area contributed by atoms with Crippen molar-refractivity contribution in [1.29, 1.82) is 0 Å². The van der Waals surface area contributed by atoms with E-state index in [0.717, 1.165) is 22.5 Å². The highest BCUT2D eigenvalue weighted by molar-refractivity contribution is 7.21. The third-order valence-electron chi connectivity index (χ3n) is 4.90. The fourth-order valence-electron chi connectivity index (χ4n) is 3.44. The molecule has 4 rings (SSSR count). The van der Waals surface area contributed by atoms with Gasteiger partial charge in [-0.2, -0.15) is 0 Å². The second-order valence-corrected chi connectivity index (χ2v) is 8.16. The van der Waals surface area contributed by atoms with Gasteiger partial charge in [0, 0.05) is 28.3 Å². The van der Waals surface area contributed by atoms with Gasteiger partial charge in [-0.1, -0.05) is 54.6 Å². The summed E-state index contributed by atoms with van der Waals surface area (Å²) in [4.78, 5) is 25.3. The molecule has 1 heterocycles. The maximum absolute atomic E-state index is 14.3. The lowest BCUT2D eigenvalue weighted by molar-refractivity contribution is -0.123. The molecule has 0 spiro atoms. The lowest BCUT2D eigenvalue weighted by Crippen LogP contribution is -2.43. The molecule has 8 heteroatoms. The zero-order chi connectivity index (χ0) is 23.2. The summed E-state index contributed by atoms with van der Waals surface area (Å²) in [5, 5.41) is 0.349. The molecule has 2 amide bonds. The molecule has 1 aromatic heterocycles. The lowest BCUT2D eigenvalue weighted by atomic mass is 10.1. The molecule has 33 heavy (non-hydrogen) atoms. The van der Waals surface area contributed by atoms with Gasteiger partial charge in [-0.3, -0.25) is 20.4 Å². The summed E-state index contributed by atoms with van der Waals surface area (Å²) in [6, 6.07) is 21.7. The number of ether oxygens (including phenoxy) is 2. The average Bonchev–Trinajstić information content (AvgIpc) is 3.22. The molecule has 0 fully saturated rings. The lowest BCUT2D eigenvalue weighted by Gasteiger charge is -2.12. The molecule has 0 saturated heterocycles. The van der Waals surface area contributed by atoms with Crippen LogP contribution in [0.25, 0.3) is 21.2 Å². The smallest absolute Gasteiger partial charge is 0.280 e. The minimum atomic E-state index is -0.555. The van der Waals surface area contributed by atoms with Crippen molar-refractivity contribution in [2.24, 2.45) is 0 Å². The number of hydrazine groups is 1. The molecule has 0 atom stereocenters. The number of benzene rings is 3. The number of carbonyl (C=O) groups excluding carboxylic acids is 2. The zero-order valence-electron chi connectivity index (χ0n) is 17.8. The Morgan fingerprint density at radius 2 is 1.70 bits per heavy atom. The van der Waals surface area contributed by atoms with Crippen LogP contribution in [0.15, 0.2) is 72.8 Å². The van der Waals surface area contributed by atoms with Crippen LogP contribution in [0, 0.1) is 5.82 Å². The number of rotatable bonds is 7. The van der Waals surface area contributed by atoms with E-state index in [1.807, 2.05) is 48.5 Å². The number of hydrogen-bond donors (Lipinski definition) is 2. The SMILES string of the molecule is COCc1c(C(=O)NNC(=O)COc2ccccc2-c2ccccc2)sc2cccc(F)c12. The predicted molar refractivity (Wildman–Crippen MR) is 125 cm³/mol. The van der Waals surface area contributed by atoms with E-state index < -0.39 is 17.6 Å². The molecule has 2 N–H and O–H groups in total. The van der Waals surface area contributed by atoms with E-state index in [-0.39, 0.29) is 18.1 Å². The van der Waals surface area contributed by atoms with Crippen molar-refractivity contribution in [3.8, 4) is 16.9 Å². The van der Waals surface area contributed by atoms with Crippen LogP contribution < -0.4 is 15.6 Å². The third-order valence-corrected chi connectivity index (χ3v) is 6.10. The van der Waals surface area contributed by atoms with Gasteiger partial charge in [-0.05, 0) is 23.8 Å². The van der Waals surface area contributed by atoms with Gasteiger partial charge in [0.25, 0.3) is 11.8 Å². The summed E-state index contributed by atoms with van der Waals surface area (Å²) in [6.07, 6.45) is 0. The van der Waals surface area contributed by atoms with E-state index in [4.69, 9.17) is 9.47 Å². The Bertz CT molecular complexity index is 1290. The molecule has 0 saturated carbocycles. The number of fused-ring (bicyclic) bond motifs is 1. The van der Waals surface area contributed by atoms with Crippen LogP contribution in [0.4, 0.5) is 4.39 Å². The molecule has 3 aromatic carbocycles. The second-order valence-electron chi connectivity index (χ2n) is 7.11. The highest BCUT2D eigenvalue weighted by Crippen LogP contribution is 2.33. The molecule has 0 aliphatic carbocycles. The fourth-order valence-corrected chi connectivity index (χ4v) is 4.56. The molecule has 4 aromatic rings. The molecule has 6 nitrogen and oxygen atoms in total. The number of hydrogen-bond acceptors (Lipinski definition) is 5. The van der Waals surface area contributed by atoms with E-state index in [0.29, 0.717) is 21.4 Å². The maximum Gasteiger partial charge on any atom is 0.280 e. The van der Waals surface area contributed by atoms with Gasteiger partial charge in [0.15, 0.2) is 6.61 Å². The van der Waals surface area contributed by atoms with Crippen LogP contribution in [-0.4, -0.2) is 25.5 Å². The number of nitrogens with one attached hydrogen (secondary N) is 2. The number of thiophene rings is 1. The highest BCUT2D eigenvalue weighted by Gasteiger charge is 2.21. The van der Waals surface area contributed by atoms with E-state index in [1.54, 1.807) is 18.2 Å². The predicted octanol–water partition coefficient (Wildman–Crippen LogP) is 4.69. The first-order valence-electron chi connectivity index (χ1n) is 10.1. The fraction of sp³-hybridized carbons (Fsp3) is 0.120. The van der Waals surface area contributed by atoms with Gasteiger partial charge in [0.05, 0.1) is 6.61 Å². The van der Waals surface area contributed by atoms with Crippen molar-refractivity contribution in [2.75, 3.05) is 13.7 Å². The van der Waals surface area contributed by atoms with Crippen molar-refractivity contribution >= 4 is 33.2 Å². The van der Waals surface area contributed by atoms with Crippen LogP contribution >= 0.6 is 11.3 Å². The number of methoxy groups -OCH3 is 1. The van der Waals surface area contributed by atoms with Crippen LogP contribution in [0.1, 0.15) is 15.2 Å². The summed E-state index contributed by atoms with van der Waals surface area (Å²) < 4.78 is 25.8. The number of carbonyl (C=O) groups is 2. The summed E-state index contributed by atoms with van der Waals surface area (Å²) in [6.45, 7) is -0.229. The van der Waals surface area contributed by atoms with E-state index in [2.05, 4.69) is 10.9 Å². The molecule has 0 bridgehead atoms. The highest BCUT2D eigenvalue weighted by atomic mass is 32.1. The first-order chi connectivity index (χ1) is 16.1. The standard InChI is InChI=1S/C25H21FN2O4S/c1-31-14-18-23-19(26)11-7-13-21(23)33-24(18)25(30)28-27-22(29)15-32-20-12-6-5-10-17(20)16-8-3-2-4-9-16/h2-13H,14-15H2,1H3,(H,27,29)(H,28,30). The number of para-hydroxylation sites is 1. The Kier molecular flexibility index (Phi) is 6.97. The number of amides is 2. The van der Waals surface area contributed by atoms with Gasteiger partial charge in [0.2, 0.25) is 0 Å². The molecule has 168 valence electrons. The van der Waals surface area contributed by atoms with Gasteiger partial charge in [0.1, 0.15) is 16.4 Å². The van der Waals surface area contributed by atoms with Crippen LogP contribution in [0.3, 0.4) is 0 Å². The van der Waals surface area contributed by atoms with E-state index >= 15 is 0 Å². The molecular weight excluding hydrogens is 443 g/mol. The van der Waals surface area contributed by atoms with E-state index in [9.17, 15) is 14.0 Å². The first kappa shape index (κ1) is 22.4. The van der Waals surface area contributed by atoms with Crippen LogP contribution in [0.5, 0.6) is 5.75 Å². The van der Waals surface area contributed by atoms with Crippen LogP contribution in [0.2, 0.25) is 0 Å². The van der Waals surface area contributed by atoms with Crippen molar-refractivity contribution < 1.29 is 23.5 Å². The largest absolute Gasteiger partial charge is 0.483 e. The summed E-state index contributed by atoms with van der Waals surface area (Å²) >= 11 is 1.13. The quantitative estimate of drug-likeness (QED) is 0.389. The average molecular weight is 465 g/mol. The van der Waals surface area contributed by atoms with E-state index in [1.165, 1.54) is 13.2 Å². The van der Waals surface area contributed by atoms with Crippen molar-refractivity contribution in [1.82, 2.24) is 10.9 Å². The Morgan fingerprint density at radius 3 is 2.48 bits per heavy atom. The summed E-state index contributed by atoms with van der Waals surface area (Å²) in [5.74, 6) is -0.968. The zero-order valence-corrected chi connectivity index (χ0v) is 18.6. The van der Waals surface area contributed by atoms with Gasteiger partial charge >= 0.3 is 0 Å². The minimum Gasteiger partial charge on any atom is -0.483 e. The Balaban J connectivity index is 1.41. The van der Waals surface area contributed by atoms with Gasteiger partial charge in [-0.15, -0.1) is 11.3 Å². The Labute approximate surface area is 193 Å². The van der Waals surface area contributed by atoms with Crippen molar-refractivity contribution in [2.45, 2.75) is 6.61 Å². The normalized spacial score (nSPS) is 10.7. The molecule has 0 unspecified atom stereocenters. The second kappa shape index (κ2) is 10.2.